The van der Waals surface area contributed by atoms with Gasteiger partial charge in [-0.1, -0.05) is 12.8 Å². The molecule has 5 rings (SSSR count). The number of hydrogen-bond acceptors (Lipinski definition) is 3. The standard InChI is InChI=1S/C24H39N3O3/c1-13(2)26-23(28)14(3)30-15-8-9-20-19(12-15)17-10-11-25-21-16-6-4-5-7-18(16)24(29)27(20)22(17)21/h13-22,25H,4-12H2,1-3H3,(H,26,28)/p+1/t14-,15?,16?,17?,18?,19?,20?,21?,22?/m0/s1. The maximum absolute atomic E-state index is 13.6. The molecule has 2 saturated carbocycles. The molecule has 2 aliphatic carbocycles. The highest BCUT2D eigenvalue weighted by atomic mass is 16.5. The molecular weight excluding hydrogens is 378 g/mol. The van der Waals surface area contributed by atoms with Gasteiger partial charge < -0.3 is 20.3 Å². The number of carbonyl (C=O) groups excluding carboxylic acids is 2. The molecule has 9 atom stereocenters. The van der Waals surface area contributed by atoms with E-state index in [0.717, 1.165) is 25.7 Å². The van der Waals surface area contributed by atoms with Crippen LogP contribution in [0.1, 0.15) is 72.1 Å². The number of hydrogen-bond donors (Lipinski definition) is 2. The van der Waals surface area contributed by atoms with Gasteiger partial charge in [-0.2, -0.15) is 0 Å². The van der Waals surface area contributed by atoms with Crippen molar-refractivity contribution in [1.29, 1.82) is 0 Å². The molecule has 0 aromatic carbocycles. The molecule has 5 aliphatic rings. The van der Waals surface area contributed by atoms with Crippen molar-refractivity contribution < 1.29 is 19.6 Å². The van der Waals surface area contributed by atoms with Gasteiger partial charge >= 0.3 is 0 Å². The fraction of sp³-hybridized carbons (Fsp3) is 0.917. The Morgan fingerprint density at radius 1 is 1.07 bits per heavy atom. The summed E-state index contributed by atoms with van der Waals surface area (Å²) in [5.41, 5.74) is 0. The Labute approximate surface area is 180 Å². The van der Waals surface area contributed by atoms with Gasteiger partial charge in [-0.3, -0.25) is 9.59 Å². The Balaban J connectivity index is 1.32. The van der Waals surface area contributed by atoms with Crippen molar-refractivity contribution in [3.63, 3.8) is 0 Å². The van der Waals surface area contributed by atoms with E-state index in [2.05, 4.69) is 15.5 Å². The van der Waals surface area contributed by atoms with Crippen LogP contribution in [0, 0.1) is 23.7 Å². The lowest BCUT2D eigenvalue weighted by Crippen LogP contribution is -2.98. The number of fused-ring (bicyclic) bond motifs is 5. The number of nitrogens with two attached hydrogens (primary N) is 1. The van der Waals surface area contributed by atoms with Crippen LogP contribution in [0.2, 0.25) is 0 Å². The molecule has 3 aliphatic heterocycles. The summed E-state index contributed by atoms with van der Waals surface area (Å²) in [6.07, 6.45) is 8.85. The molecule has 0 aromatic heterocycles. The van der Waals surface area contributed by atoms with Crippen LogP contribution in [-0.4, -0.2) is 59.6 Å². The van der Waals surface area contributed by atoms with Gasteiger partial charge in [0.1, 0.15) is 12.1 Å². The lowest BCUT2D eigenvalue weighted by molar-refractivity contribution is -0.713. The maximum atomic E-state index is 13.6. The highest BCUT2D eigenvalue weighted by Crippen LogP contribution is 2.52. The Hall–Kier alpha value is -1.14. The van der Waals surface area contributed by atoms with Crippen molar-refractivity contribution in [3.8, 4) is 0 Å². The summed E-state index contributed by atoms with van der Waals surface area (Å²) in [6, 6.07) is 1.60. The van der Waals surface area contributed by atoms with Gasteiger partial charge in [0.25, 0.3) is 0 Å². The molecule has 8 unspecified atom stereocenters. The van der Waals surface area contributed by atoms with Crippen molar-refractivity contribution in [2.24, 2.45) is 23.7 Å². The first-order valence-electron chi connectivity index (χ1n) is 12.6. The number of carbonyl (C=O) groups is 2. The van der Waals surface area contributed by atoms with Gasteiger partial charge in [0.2, 0.25) is 11.8 Å². The number of ether oxygens (including phenoxy) is 1. The van der Waals surface area contributed by atoms with E-state index in [0.29, 0.717) is 41.8 Å². The fourth-order valence-corrected chi connectivity index (χ4v) is 7.84. The summed E-state index contributed by atoms with van der Waals surface area (Å²) in [6.45, 7) is 7.05. The maximum Gasteiger partial charge on any atom is 0.249 e. The van der Waals surface area contributed by atoms with E-state index in [-0.39, 0.29) is 24.0 Å². The van der Waals surface area contributed by atoms with Crippen molar-refractivity contribution in [3.05, 3.63) is 0 Å². The van der Waals surface area contributed by atoms with Crippen molar-refractivity contribution in [2.45, 2.75) is 109 Å². The predicted octanol–water partition coefficient (Wildman–Crippen LogP) is 1.44. The Kier molecular flexibility index (Phi) is 5.59. The summed E-state index contributed by atoms with van der Waals surface area (Å²) < 4.78 is 6.25. The minimum Gasteiger partial charge on any atom is -0.365 e. The van der Waals surface area contributed by atoms with Crippen LogP contribution >= 0.6 is 0 Å². The molecule has 2 amide bonds. The molecule has 3 N–H and O–H groups in total. The summed E-state index contributed by atoms with van der Waals surface area (Å²) in [5, 5.41) is 5.56. The number of piperidine rings is 2. The second kappa shape index (κ2) is 8.09. The molecule has 0 bridgehead atoms. The van der Waals surface area contributed by atoms with Crippen molar-refractivity contribution in [1.82, 2.24) is 10.2 Å². The lowest BCUT2D eigenvalue weighted by Gasteiger charge is -2.50. The van der Waals surface area contributed by atoms with Crippen LogP contribution in [0.3, 0.4) is 0 Å². The van der Waals surface area contributed by atoms with E-state index in [1.165, 1.54) is 32.2 Å². The van der Waals surface area contributed by atoms with Gasteiger partial charge in [0.05, 0.1) is 18.7 Å². The summed E-state index contributed by atoms with van der Waals surface area (Å²) in [4.78, 5) is 28.3. The number of nitrogens with one attached hydrogen (secondary N) is 1. The van der Waals surface area contributed by atoms with Crippen LogP contribution in [0.15, 0.2) is 0 Å². The first-order valence-corrected chi connectivity index (χ1v) is 12.6. The summed E-state index contributed by atoms with van der Waals surface area (Å²) in [7, 11) is 0. The van der Waals surface area contributed by atoms with Crippen LogP contribution in [0.5, 0.6) is 0 Å². The second-order valence-electron chi connectivity index (χ2n) is 11.0. The minimum absolute atomic E-state index is 0.0115. The van der Waals surface area contributed by atoms with Crippen LogP contribution in [-0.2, 0) is 14.3 Å². The normalized spacial score (nSPS) is 43.6. The van der Waals surface area contributed by atoms with Gasteiger partial charge in [0.15, 0.2) is 0 Å². The minimum atomic E-state index is -0.408. The number of amides is 2. The van der Waals surface area contributed by atoms with Gasteiger partial charge in [-0.25, -0.2) is 0 Å². The third-order valence-corrected chi connectivity index (χ3v) is 8.90. The zero-order valence-electron chi connectivity index (χ0n) is 18.9. The average molecular weight is 419 g/mol. The first kappa shape index (κ1) is 20.7. The number of rotatable bonds is 4. The molecule has 5 fully saturated rings. The van der Waals surface area contributed by atoms with E-state index in [9.17, 15) is 9.59 Å². The summed E-state index contributed by atoms with van der Waals surface area (Å²) >= 11 is 0. The van der Waals surface area contributed by atoms with E-state index >= 15 is 0 Å². The van der Waals surface area contributed by atoms with Gasteiger partial charge in [-0.15, -0.1) is 0 Å². The van der Waals surface area contributed by atoms with Gasteiger partial charge in [-0.05, 0) is 64.7 Å². The first-order chi connectivity index (χ1) is 14.5. The fourth-order valence-electron chi connectivity index (χ4n) is 7.84. The monoisotopic (exact) mass is 418 g/mol. The van der Waals surface area contributed by atoms with E-state index in [4.69, 9.17) is 4.74 Å². The molecule has 168 valence electrons. The Morgan fingerprint density at radius 2 is 1.87 bits per heavy atom. The quantitative estimate of drug-likeness (QED) is 0.725. The van der Waals surface area contributed by atoms with E-state index < -0.39 is 6.10 Å². The molecule has 0 radical (unpaired) electrons. The molecule has 6 nitrogen and oxygen atoms in total. The largest absolute Gasteiger partial charge is 0.365 e. The molecule has 6 heteroatoms. The molecular formula is C24H40N3O3+. The molecule has 0 aromatic rings. The number of nitrogens with zero attached hydrogens (tertiary/aromatic N) is 1. The Morgan fingerprint density at radius 3 is 2.67 bits per heavy atom. The van der Waals surface area contributed by atoms with E-state index in [1.54, 1.807) is 0 Å². The van der Waals surface area contributed by atoms with Crippen molar-refractivity contribution in [2.75, 3.05) is 6.54 Å². The third kappa shape index (κ3) is 3.38. The average Bonchev–Trinajstić information content (AvgIpc) is 3.06. The molecule has 30 heavy (non-hydrogen) atoms. The smallest absolute Gasteiger partial charge is 0.249 e. The van der Waals surface area contributed by atoms with E-state index in [1.807, 2.05) is 20.8 Å². The predicted molar refractivity (Wildman–Crippen MR) is 114 cm³/mol. The number of quaternary nitrogens is 1. The van der Waals surface area contributed by atoms with Crippen LogP contribution < -0.4 is 10.6 Å². The SMILES string of the molecule is CC(C)NC(=O)[C@H](C)OC1CCC2C(C1)C1CC[NH2+]C3C4CCCCC4C(=O)N2C13. The third-order valence-electron chi connectivity index (χ3n) is 8.90. The van der Waals surface area contributed by atoms with Crippen molar-refractivity contribution >= 4 is 11.8 Å². The van der Waals surface area contributed by atoms with Gasteiger partial charge in [0, 0.05) is 30.3 Å². The molecule has 3 heterocycles. The second-order valence-corrected chi connectivity index (χ2v) is 11.0. The Bertz CT molecular complexity index is 683. The van der Waals surface area contributed by atoms with Crippen LogP contribution in [0.4, 0.5) is 0 Å². The topological polar surface area (TPSA) is 75.2 Å². The molecule has 0 spiro atoms. The highest BCUT2D eigenvalue weighted by Gasteiger charge is 2.63. The summed E-state index contributed by atoms with van der Waals surface area (Å²) in [5.74, 6) is 2.53. The lowest BCUT2D eigenvalue weighted by atomic mass is 9.66. The molecule has 3 saturated heterocycles. The zero-order valence-corrected chi connectivity index (χ0v) is 18.9. The van der Waals surface area contributed by atoms with Crippen LogP contribution in [0.25, 0.3) is 0 Å². The highest BCUT2D eigenvalue weighted by molar-refractivity contribution is 5.82. The zero-order chi connectivity index (χ0) is 21.0.